The van der Waals surface area contributed by atoms with E-state index >= 15 is 0 Å². The molecule has 0 aromatic carbocycles. The van der Waals surface area contributed by atoms with E-state index in [0.717, 1.165) is 18.6 Å². The van der Waals surface area contributed by atoms with Crippen molar-refractivity contribution in [2.45, 2.75) is 25.0 Å². The van der Waals surface area contributed by atoms with Gasteiger partial charge in [0.05, 0.1) is 11.2 Å². The van der Waals surface area contributed by atoms with Crippen LogP contribution in [0.3, 0.4) is 0 Å². The van der Waals surface area contributed by atoms with E-state index < -0.39 is 0 Å². The molecular formula is C10H13ClN2O. The van der Waals surface area contributed by atoms with Gasteiger partial charge >= 0.3 is 0 Å². The summed E-state index contributed by atoms with van der Waals surface area (Å²) in [7, 11) is 1.97. The molecule has 0 aliphatic heterocycles. The molecule has 1 aromatic heterocycles. The first-order chi connectivity index (χ1) is 6.78. The SMILES string of the molecule is CNC1CC(Oc2cncc(Cl)c2)C1. The Kier molecular flexibility index (Phi) is 2.89. The van der Waals surface area contributed by atoms with Crippen molar-refractivity contribution < 1.29 is 4.74 Å². The Morgan fingerprint density at radius 2 is 2.29 bits per heavy atom. The maximum absolute atomic E-state index is 5.79. The highest BCUT2D eigenvalue weighted by Gasteiger charge is 2.29. The highest BCUT2D eigenvalue weighted by molar-refractivity contribution is 6.30. The molecule has 0 radical (unpaired) electrons. The number of nitrogens with zero attached hydrogens (tertiary/aromatic N) is 1. The average Bonchev–Trinajstić information content (AvgIpc) is 2.10. The highest BCUT2D eigenvalue weighted by atomic mass is 35.5. The summed E-state index contributed by atoms with van der Waals surface area (Å²) < 4.78 is 5.68. The average molecular weight is 213 g/mol. The third kappa shape index (κ3) is 2.16. The maximum atomic E-state index is 5.79. The van der Waals surface area contributed by atoms with Crippen LogP contribution in [0.15, 0.2) is 18.5 Å². The summed E-state index contributed by atoms with van der Waals surface area (Å²) in [5, 5.41) is 3.82. The second-order valence-corrected chi connectivity index (χ2v) is 3.97. The molecule has 1 saturated carbocycles. The third-order valence-electron chi connectivity index (χ3n) is 2.49. The van der Waals surface area contributed by atoms with Crippen molar-refractivity contribution in [3.05, 3.63) is 23.5 Å². The van der Waals surface area contributed by atoms with Crippen molar-refractivity contribution >= 4 is 11.6 Å². The summed E-state index contributed by atoms with van der Waals surface area (Å²) in [5.41, 5.74) is 0. The summed E-state index contributed by atoms with van der Waals surface area (Å²) in [6, 6.07) is 2.40. The van der Waals surface area contributed by atoms with E-state index in [0.29, 0.717) is 17.2 Å². The van der Waals surface area contributed by atoms with Crippen molar-refractivity contribution in [3.63, 3.8) is 0 Å². The summed E-state index contributed by atoms with van der Waals surface area (Å²) in [6.45, 7) is 0. The van der Waals surface area contributed by atoms with Gasteiger partial charge in [-0.25, -0.2) is 0 Å². The van der Waals surface area contributed by atoms with Crippen molar-refractivity contribution in [1.29, 1.82) is 0 Å². The van der Waals surface area contributed by atoms with Crippen LogP contribution in [0.25, 0.3) is 0 Å². The Morgan fingerprint density at radius 1 is 1.50 bits per heavy atom. The molecule has 0 spiro atoms. The van der Waals surface area contributed by atoms with Crippen LogP contribution in [0.2, 0.25) is 5.02 Å². The van der Waals surface area contributed by atoms with Gasteiger partial charge in [0.2, 0.25) is 0 Å². The quantitative estimate of drug-likeness (QED) is 0.831. The first-order valence-corrected chi connectivity index (χ1v) is 5.10. The van der Waals surface area contributed by atoms with E-state index in [1.165, 1.54) is 0 Å². The number of ether oxygens (including phenoxy) is 1. The predicted molar refractivity (Wildman–Crippen MR) is 55.7 cm³/mol. The number of rotatable bonds is 3. The lowest BCUT2D eigenvalue weighted by Gasteiger charge is -2.34. The molecule has 0 saturated heterocycles. The normalized spacial score (nSPS) is 25.6. The van der Waals surface area contributed by atoms with Crippen LogP contribution >= 0.6 is 11.6 Å². The fourth-order valence-electron chi connectivity index (χ4n) is 1.55. The van der Waals surface area contributed by atoms with Crippen LogP contribution < -0.4 is 10.1 Å². The van der Waals surface area contributed by atoms with Crippen LogP contribution in [0.4, 0.5) is 0 Å². The topological polar surface area (TPSA) is 34.1 Å². The lowest BCUT2D eigenvalue weighted by atomic mass is 9.89. The van der Waals surface area contributed by atoms with Crippen LogP contribution in [-0.4, -0.2) is 24.2 Å². The molecule has 4 heteroatoms. The molecule has 0 amide bonds. The Balaban J connectivity index is 1.87. The van der Waals surface area contributed by atoms with E-state index in [1.807, 2.05) is 7.05 Å². The number of nitrogens with one attached hydrogen (secondary N) is 1. The fourth-order valence-corrected chi connectivity index (χ4v) is 1.71. The Morgan fingerprint density at radius 3 is 2.93 bits per heavy atom. The molecule has 2 rings (SSSR count). The first-order valence-electron chi connectivity index (χ1n) is 4.72. The molecule has 1 aliphatic rings. The van der Waals surface area contributed by atoms with E-state index in [1.54, 1.807) is 18.5 Å². The van der Waals surface area contributed by atoms with Gasteiger partial charge < -0.3 is 10.1 Å². The number of hydrogen-bond donors (Lipinski definition) is 1. The van der Waals surface area contributed by atoms with Gasteiger partial charge in [0, 0.05) is 18.3 Å². The van der Waals surface area contributed by atoms with Crippen molar-refractivity contribution in [1.82, 2.24) is 10.3 Å². The van der Waals surface area contributed by atoms with Crippen LogP contribution in [0.1, 0.15) is 12.8 Å². The molecule has 0 atom stereocenters. The maximum Gasteiger partial charge on any atom is 0.139 e. The van der Waals surface area contributed by atoms with Gasteiger partial charge in [0.15, 0.2) is 0 Å². The number of pyridine rings is 1. The monoisotopic (exact) mass is 212 g/mol. The van der Waals surface area contributed by atoms with Gasteiger partial charge in [-0.1, -0.05) is 11.6 Å². The van der Waals surface area contributed by atoms with Gasteiger partial charge in [0.25, 0.3) is 0 Å². The van der Waals surface area contributed by atoms with Crippen LogP contribution in [0.5, 0.6) is 5.75 Å². The van der Waals surface area contributed by atoms with Gasteiger partial charge in [-0.15, -0.1) is 0 Å². The van der Waals surface area contributed by atoms with Crippen LogP contribution in [0, 0.1) is 0 Å². The zero-order chi connectivity index (χ0) is 9.97. The lowest BCUT2D eigenvalue weighted by Crippen LogP contribution is -2.45. The molecule has 0 bridgehead atoms. The van der Waals surface area contributed by atoms with Crippen molar-refractivity contribution in [3.8, 4) is 5.75 Å². The van der Waals surface area contributed by atoms with Gasteiger partial charge in [0.1, 0.15) is 11.9 Å². The molecule has 1 N–H and O–H groups in total. The molecule has 1 aromatic rings. The number of aromatic nitrogens is 1. The van der Waals surface area contributed by atoms with Crippen molar-refractivity contribution in [2.75, 3.05) is 7.05 Å². The molecule has 76 valence electrons. The number of halogens is 1. The van der Waals surface area contributed by atoms with Crippen LogP contribution in [-0.2, 0) is 0 Å². The fraction of sp³-hybridized carbons (Fsp3) is 0.500. The smallest absolute Gasteiger partial charge is 0.139 e. The highest BCUT2D eigenvalue weighted by Crippen LogP contribution is 2.26. The summed E-state index contributed by atoms with van der Waals surface area (Å²) in [4.78, 5) is 3.96. The van der Waals surface area contributed by atoms with E-state index in [-0.39, 0.29) is 0 Å². The zero-order valence-corrected chi connectivity index (χ0v) is 8.79. The molecule has 3 nitrogen and oxygen atoms in total. The van der Waals surface area contributed by atoms with Gasteiger partial charge in [-0.3, -0.25) is 4.98 Å². The molecular weight excluding hydrogens is 200 g/mol. The first kappa shape index (κ1) is 9.74. The summed E-state index contributed by atoms with van der Waals surface area (Å²) in [6.07, 6.45) is 5.73. The van der Waals surface area contributed by atoms with E-state index in [2.05, 4.69) is 10.3 Å². The van der Waals surface area contributed by atoms with Gasteiger partial charge in [-0.05, 0) is 19.9 Å². The minimum Gasteiger partial charge on any atom is -0.489 e. The molecule has 0 unspecified atom stereocenters. The Labute approximate surface area is 88.4 Å². The minimum absolute atomic E-state index is 0.313. The standard InChI is InChI=1S/C10H13ClN2O/c1-12-8-3-9(4-8)14-10-2-7(11)5-13-6-10/h2,5-6,8-9,12H,3-4H2,1H3. The molecule has 1 fully saturated rings. The van der Waals surface area contributed by atoms with E-state index in [4.69, 9.17) is 16.3 Å². The van der Waals surface area contributed by atoms with Gasteiger partial charge in [-0.2, -0.15) is 0 Å². The lowest BCUT2D eigenvalue weighted by molar-refractivity contribution is 0.0881. The second-order valence-electron chi connectivity index (χ2n) is 3.54. The van der Waals surface area contributed by atoms with E-state index in [9.17, 15) is 0 Å². The Hall–Kier alpha value is -0.800. The predicted octanol–water partition coefficient (Wildman–Crippen LogP) is 1.86. The molecule has 1 heterocycles. The molecule has 14 heavy (non-hydrogen) atoms. The summed E-state index contributed by atoms with van der Waals surface area (Å²) in [5.74, 6) is 0.761. The minimum atomic E-state index is 0.313. The second kappa shape index (κ2) is 4.15. The summed E-state index contributed by atoms with van der Waals surface area (Å²) >= 11 is 5.79. The molecule has 1 aliphatic carbocycles. The largest absolute Gasteiger partial charge is 0.489 e. The number of hydrogen-bond acceptors (Lipinski definition) is 3. The van der Waals surface area contributed by atoms with Crippen molar-refractivity contribution in [2.24, 2.45) is 0 Å². The Bertz CT molecular complexity index is 313. The zero-order valence-electron chi connectivity index (χ0n) is 8.03. The third-order valence-corrected chi connectivity index (χ3v) is 2.69.